The molecule has 0 saturated carbocycles. The number of hydrogen-bond acceptors (Lipinski definition) is 2. The second-order valence-electron chi connectivity index (χ2n) is 7.05. The van der Waals surface area contributed by atoms with Crippen LogP contribution in [-0.2, 0) is 0 Å². The van der Waals surface area contributed by atoms with E-state index in [1.54, 1.807) is 0 Å². The van der Waals surface area contributed by atoms with Crippen molar-refractivity contribution in [2.24, 2.45) is 10.9 Å². The molecule has 0 radical (unpaired) electrons. The van der Waals surface area contributed by atoms with Gasteiger partial charge in [-0.2, -0.15) is 0 Å². The lowest BCUT2D eigenvalue weighted by molar-refractivity contribution is 0.529. The molecule has 0 aliphatic carbocycles. The van der Waals surface area contributed by atoms with Crippen LogP contribution in [0.5, 0.6) is 0 Å². The van der Waals surface area contributed by atoms with Crippen LogP contribution in [0.25, 0.3) is 0 Å². The number of allylic oxidation sites excluding steroid dienone is 1. The Morgan fingerprint density at radius 3 is 2.23 bits per heavy atom. The standard InChI is InChI=1S/C20H40N2/c1-8-9-12-20(13-10-11-18(5)21-7)22-19(6)15-14-17(4)16(2)3/h17-19,21H,2,8-15H2,1,3-7H3. The molecule has 3 unspecified atom stereocenters. The average Bonchev–Trinajstić information content (AvgIpc) is 2.49. The van der Waals surface area contributed by atoms with Crippen molar-refractivity contribution in [1.82, 2.24) is 5.32 Å². The molecule has 3 atom stereocenters. The van der Waals surface area contributed by atoms with E-state index < -0.39 is 0 Å². The van der Waals surface area contributed by atoms with E-state index in [4.69, 9.17) is 4.99 Å². The second-order valence-corrected chi connectivity index (χ2v) is 7.05. The first-order valence-corrected chi connectivity index (χ1v) is 9.28. The zero-order valence-electron chi connectivity index (χ0n) is 16.0. The molecule has 1 N–H and O–H groups in total. The van der Waals surface area contributed by atoms with Gasteiger partial charge >= 0.3 is 0 Å². The summed E-state index contributed by atoms with van der Waals surface area (Å²) in [4.78, 5) is 5.03. The minimum Gasteiger partial charge on any atom is -0.317 e. The van der Waals surface area contributed by atoms with Gasteiger partial charge in [0.25, 0.3) is 0 Å². The second kappa shape index (κ2) is 12.9. The maximum absolute atomic E-state index is 5.03. The first-order valence-electron chi connectivity index (χ1n) is 9.28. The topological polar surface area (TPSA) is 24.4 Å². The van der Waals surface area contributed by atoms with Crippen LogP contribution in [0.4, 0.5) is 0 Å². The highest BCUT2D eigenvalue weighted by atomic mass is 14.8. The number of nitrogens with one attached hydrogen (secondary N) is 1. The molecule has 22 heavy (non-hydrogen) atoms. The van der Waals surface area contributed by atoms with Crippen molar-refractivity contribution in [2.45, 2.75) is 98.1 Å². The lowest BCUT2D eigenvalue weighted by atomic mass is 9.96. The Morgan fingerprint density at radius 2 is 1.68 bits per heavy atom. The zero-order chi connectivity index (χ0) is 17.0. The fraction of sp³-hybridized carbons (Fsp3) is 0.850. The Balaban J connectivity index is 4.35. The number of nitrogens with zero attached hydrogens (tertiary/aromatic N) is 1. The van der Waals surface area contributed by atoms with Crippen molar-refractivity contribution < 1.29 is 0 Å². The Hall–Kier alpha value is -0.630. The molecule has 0 aromatic rings. The summed E-state index contributed by atoms with van der Waals surface area (Å²) in [7, 11) is 2.04. The molecule has 0 bridgehead atoms. The molecule has 130 valence electrons. The molecule has 0 heterocycles. The molecule has 2 nitrogen and oxygen atoms in total. The summed E-state index contributed by atoms with van der Waals surface area (Å²) >= 11 is 0. The molecule has 0 spiro atoms. The van der Waals surface area contributed by atoms with Gasteiger partial charge < -0.3 is 5.32 Å². The van der Waals surface area contributed by atoms with Crippen molar-refractivity contribution >= 4 is 5.71 Å². The Labute approximate surface area is 139 Å². The first-order chi connectivity index (χ1) is 10.4. The molecular weight excluding hydrogens is 268 g/mol. The third kappa shape index (κ3) is 11.0. The van der Waals surface area contributed by atoms with Crippen LogP contribution in [0.1, 0.15) is 86.0 Å². The van der Waals surface area contributed by atoms with Crippen molar-refractivity contribution in [1.29, 1.82) is 0 Å². The third-order valence-corrected chi connectivity index (χ3v) is 4.68. The summed E-state index contributed by atoms with van der Waals surface area (Å²) in [5, 5.41) is 3.32. The van der Waals surface area contributed by atoms with Crippen molar-refractivity contribution in [3.05, 3.63) is 12.2 Å². The van der Waals surface area contributed by atoms with Gasteiger partial charge in [0.15, 0.2) is 0 Å². The fourth-order valence-corrected chi connectivity index (χ4v) is 2.51. The molecule has 0 aliphatic heterocycles. The summed E-state index contributed by atoms with van der Waals surface area (Å²) in [6, 6.07) is 1.07. The van der Waals surface area contributed by atoms with Crippen molar-refractivity contribution in [2.75, 3.05) is 7.05 Å². The average molecular weight is 309 g/mol. The lowest BCUT2D eigenvalue weighted by Crippen LogP contribution is -2.21. The van der Waals surface area contributed by atoms with Crippen molar-refractivity contribution in [3.8, 4) is 0 Å². The molecule has 0 aliphatic rings. The number of rotatable bonds is 13. The van der Waals surface area contributed by atoms with E-state index in [2.05, 4.69) is 46.5 Å². The quantitative estimate of drug-likeness (QED) is 0.338. The van der Waals surface area contributed by atoms with Crippen molar-refractivity contribution in [3.63, 3.8) is 0 Å². The van der Waals surface area contributed by atoms with Gasteiger partial charge in [-0.25, -0.2) is 0 Å². The van der Waals surface area contributed by atoms with Gasteiger partial charge in [0.05, 0.1) is 0 Å². The van der Waals surface area contributed by atoms with E-state index >= 15 is 0 Å². The lowest BCUT2D eigenvalue weighted by Gasteiger charge is -2.15. The molecular formula is C20H40N2. The minimum atomic E-state index is 0.454. The maximum Gasteiger partial charge on any atom is 0.0471 e. The fourth-order valence-electron chi connectivity index (χ4n) is 2.51. The summed E-state index contributed by atoms with van der Waals surface area (Å²) in [6.45, 7) is 15.3. The van der Waals surface area contributed by atoms with E-state index in [1.165, 1.54) is 62.7 Å². The van der Waals surface area contributed by atoms with Gasteiger partial charge in [-0.05, 0) is 78.7 Å². The van der Waals surface area contributed by atoms with Crippen LogP contribution in [0.15, 0.2) is 17.1 Å². The van der Waals surface area contributed by atoms with Gasteiger partial charge in [-0.1, -0.05) is 32.4 Å². The number of unbranched alkanes of at least 4 members (excludes halogenated alkanes) is 1. The van der Waals surface area contributed by atoms with Crippen LogP contribution in [0, 0.1) is 5.92 Å². The molecule has 0 saturated heterocycles. The third-order valence-electron chi connectivity index (χ3n) is 4.68. The van der Waals surface area contributed by atoms with E-state index in [-0.39, 0.29) is 0 Å². The van der Waals surface area contributed by atoms with E-state index in [0.29, 0.717) is 18.0 Å². The molecule has 2 heteroatoms. The van der Waals surface area contributed by atoms with Crippen LogP contribution in [-0.4, -0.2) is 24.8 Å². The Bertz CT molecular complexity index is 320. The summed E-state index contributed by atoms with van der Waals surface area (Å²) < 4.78 is 0. The van der Waals surface area contributed by atoms with Gasteiger partial charge in [0, 0.05) is 17.8 Å². The molecule has 0 aromatic heterocycles. The smallest absolute Gasteiger partial charge is 0.0471 e. The Kier molecular flexibility index (Phi) is 12.5. The van der Waals surface area contributed by atoms with Crippen LogP contribution >= 0.6 is 0 Å². The molecule has 0 amide bonds. The van der Waals surface area contributed by atoms with Gasteiger partial charge in [0.1, 0.15) is 0 Å². The SMILES string of the molecule is C=C(C)C(C)CCC(C)N=C(CCCC)CCCC(C)NC. The monoisotopic (exact) mass is 308 g/mol. The maximum atomic E-state index is 5.03. The summed E-state index contributed by atoms with van der Waals surface area (Å²) in [5.41, 5.74) is 2.74. The molecule has 0 aromatic carbocycles. The summed E-state index contributed by atoms with van der Waals surface area (Å²) in [6.07, 6.45) is 9.76. The van der Waals surface area contributed by atoms with E-state index in [1.807, 2.05) is 7.05 Å². The molecule has 0 fully saturated rings. The highest BCUT2D eigenvalue weighted by Crippen LogP contribution is 2.17. The highest BCUT2D eigenvalue weighted by Gasteiger charge is 2.08. The highest BCUT2D eigenvalue weighted by molar-refractivity contribution is 5.84. The predicted octanol–water partition coefficient (Wildman–Crippen LogP) is 5.78. The van der Waals surface area contributed by atoms with Crippen LogP contribution in [0.3, 0.4) is 0 Å². The first kappa shape index (κ1) is 21.4. The predicted molar refractivity (Wildman–Crippen MR) is 102 cm³/mol. The van der Waals surface area contributed by atoms with Gasteiger partial charge in [0.2, 0.25) is 0 Å². The van der Waals surface area contributed by atoms with E-state index in [9.17, 15) is 0 Å². The Morgan fingerprint density at radius 1 is 1.05 bits per heavy atom. The number of aliphatic imine (C=N–C) groups is 1. The van der Waals surface area contributed by atoms with Gasteiger partial charge in [-0.15, -0.1) is 0 Å². The van der Waals surface area contributed by atoms with Crippen LogP contribution in [0.2, 0.25) is 0 Å². The minimum absolute atomic E-state index is 0.454. The summed E-state index contributed by atoms with van der Waals surface area (Å²) in [5.74, 6) is 0.619. The normalized spacial score (nSPS) is 16.4. The van der Waals surface area contributed by atoms with E-state index in [0.717, 1.165) is 0 Å². The van der Waals surface area contributed by atoms with Gasteiger partial charge in [-0.3, -0.25) is 4.99 Å². The zero-order valence-corrected chi connectivity index (χ0v) is 16.0. The number of hydrogen-bond donors (Lipinski definition) is 1. The van der Waals surface area contributed by atoms with Crippen LogP contribution < -0.4 is 5.32 Å². The largest absolute Gasteiger partial charge is 0.317 e. The molecule has 0 rings (SSSR count).